The molecule has 108 valence electrons. The average molecular weight is 284 g/mol. The summed E-state index contributed by atoms with van der Waals surface area (Å²) in [5, 5.41) is 0. The number of aldehydes is 1. The van der Waals surface area contributed by atoms with E-state index in [4.69, 9.17) is 4.74 Å². The van der Waals surface area contributed by atoms with Crippen LogP contribution >= 0.6 is 0 Å². The van der Waals surface area contributed by atoms with Gasteiger partial charge in [0.05, 0.1) is 7.11 Å². The summed E-state index contributed by atoms with van der Waals surface area (Å²) in [4.78, 5) is 21.9. The van der Waals surface area contributed by atoms with Crippen LogP contribution in [0.5, 0.6) is 11.5 Å². The van der Waals surface area contributed by atoms with E-state index in [1.54, 1.807) is 24.3 Å². The highest BCUT2D eigenvalue weighted by atomic mass is 16.5. The van der Waals surface area contributed by atoms with Gasteiger partial charge >= 0.3 is 5.97 Å². The number of esters is 1. The highest BCUT2D eigenvalue weighted by Gasteiger charge is 2.04. The zero-order valence-corrected chi connectivity index (χ0v) is 11.7. The van der Waals surface area contributed by atoms with Gasteiger partial charge in [-0.05, 0) is 36.2 Å². The maximum absolute atomic E-state index is 11.1. The Hall–Kier alpha value is -2.62. The molecule has 4 heteroatoms. The van der Waals surface area contributed by atoms with E-state index in [9.17, 15) is 9.59 Å². The monoisotopic (exact) mass is 284 g/mol. The lowest BCUT2D eigenvalue weighted by Crippen LogP contribution is -2.01. The second kappa shape index (κ2) is 7.24. The van der Waals surface area contributed by atoms with E-state index in [1.807, 2.05) is 24.3 Å². The van der Waals surface area contributed by atoms with Crippen LogP contribution in [-0.2, 0) is 16.0 Å². The molecule has 0 unspecified atom stereocenters. The number of hydrogen-bond donors (Lipinski definition) is 0. The Morgan fingerprint density at radius 3 is 2.52 bits per heavy atom. The molecule has 0 saturated carbocycles. The fourth-order valence-corrected chi connectivity index (χ4v) is 1.90. The number of hydrogen-bond acceptors (Lipinski definition) is 4. The molecule has 0 bridgehead atoms. The topological polar surface area (TPSA) is 52.6 Å². The van der Waals surface area contributed by atoms with Gasteiger partial charge in [0, 0.05) is 12.0 Å². The number of aryl methyl sites for hydroxylation is 1. The van der Waals surface area contributed by atoms with Gasteiger partial charge in [-0.2, -0.15) is 0 Å². The predicted molar refractivity (Wildman–Crippen MR) is 78.7 cm³/mol. The molecule has 0 saturated heterocycles. The first-order valence-electron chi connectivity index (χ1n) is 6.60. The molecular weight excluding hydrogens is 268 g/mol. The van der Waals surface area contributed by atoms with Crippen LogP contribution < -0.4 is 4.74 Å². The lowest BCUT2D eigenvalue weighted by molar-refractivity contribution is -0.140. The second-order valence-electron chi connectivity index (χ2n) is 4.52. The minimum Gasteiger partial charge on any atom is -0.469 e. The predicted octanol–water partition coefficient (Wildman–Crippen LogP) is 3.40. The van der Waals surface area contributed by atoms with Crippen molar-refractivity contribution in [1.29, 1.82) is 0 Å². The highest BCUT2D eigenvalue weighted by Crippen LogP contribution is 2.23. The number of benzene rings is 2. The summed E-state index contributed by atoms with van der Waals surface area (Å²) in [6.07, 6.45) is 1.71. The van der Waals surface area contributed by atoms with Gasteiger partial charge < -0.3 is 9.47 Å². The third-order valence-electron chi connectivity index (χ3n) is 2.97. The summed E-state index contributed by atoms with van der Waals surface area (Å²) < 4.78 is 10.3. The molecule has 0 aromatic heterocycles. The van der Waals surface area contributed by atoms with E-state index >= 15 is 0 Å². The van der Waals surface area contributed by atoms with Crippen molar-refractivity contribution in [2.45, 2.75) is 12.8 Å². The summed E-state index contributed by atoms with van der Waals surface area (Å²) >= 11 is 0. The van der Waals surface area contributed by atoms with E-state index in [0.717, 1.165) is 11.8 Å². The van der Waals surface area contributed by atoms with E-state index in [1.165, 1.54) is 7.11 Å². The standard InChI is InChI=1S/C17H16O4/c1-20-17(19)9-8-13-4-2-6-15(10-13)21-16-7-3-5-14(11-16)12-18/h2-7,10-12H,8-9H2,1H3. The first kappa shape index (κ1) is 14.8. The molecule has 0 aliphatic heterocycles. The van der Waals surface area contributed by atoms with Crippen LogP contribution in [0, 0.1) is 0 Å². The average Bonchev–Trinajstić information content (AvgIpc) is 2.53. The second-order valence-corrected chi connectivity index (χ2v) is 4.52. The molecule has 0 aliphatic carbocycles. The van der Waals surface area contributed by atoms with Crippen molar-refractivity contribution >= 4 is 12.3 Å². The molecule has 2 aromatic carbocycles. The molecule has 0 fully saturated rings. The SMILES string of the molecule is COC(=O)CCc1cccc(Oc2cccc(C=O)c2)c1. The highest BCUT2D eigenvalue weighted by molar-refractivity contribution is 5.75. The Labute approximate surface area is 123 Å². The van der Waals surface area contributed by atoms with Crippen LogP contribution in [0.25, 0.3) is 0 Å². The molecule has 0 amide bonds. The molecule has 4 nitrogen and oxygen atoms in total. The van der Waals surface area contributed by atoms with Gasteiger partial charge in [0.25, 0.3) is 0 Å². The van der Waals surface area contributed by atoms with Gasteiger partial charge in [0.2, 0.25) is 0 Å². The maximum Gasteiger partial charge on any atom is 0.305 e. The zero-order valence-electron chi connectivity index (χ0n) is 11.7. The molecule has 0 heterocycles. The Balaban J connectivity index is 2.06. The van der Waals surface area contributed by atoms with Crippen molar-refractivity contribution in [1.82, 2.24) is 0 Å². The first-order chi connectivity index (χ1) is 10.2. The lowest BCUT2D eigenvalue weighted by Gasteiger charge is -2.08. The van der Waals surface area contributed by atoms with Crippen molar-refractivity contribution < 1.29 is 19.1 Å². The molecule has 0 aliphatic rings. The van der Waals surface area contributed by atoms with Gasteiger partial charge in [-0.25, -0.2) is 0 Å². The third-order valence-corrected chi connectivity index (χ3v) is 2.97. The first-order valence-corrected chi connectivity index (χ1v) is 6.60. The van der Waals surface area contributed by atoms with Crippen molar-refractivity contribution in [3.05, 3.63) is 59.7 Å². The molecule has 0 radical (unpaired) electrons. The quantitative estimate of drug-likeness (QED) is 0.602. The summed E-state index contributed by atoms with van der Waals surface area (Å²) in [5.41, 5.74) is 1.55. The molecular formula is C17H16O4. The largest absolute Gasteiger partial charge is 0.469 e. The van der Waals surface area contributed by atoms with Crippen LogP contribution in [-0.4, -0.2) is 19.4 Å². The van der Waals surface area contributed by atoms with Crippen LogP contribution in [0.1, 0.15) is 22.3 Å². The minimum absolute atomic E-state index is 0.236. The molecule has 0 spiro atoms. The van der Waals surface area contributed by atoms with E-state index in [0.29, 0.717) is 29.9 Å². The molecule has 0 N–H and O–H groups in total. The van der Waals surface area contributed by atoms with Crippen LogP contribution in [0.15, 0.2) is 48.5 Å². The summed E-state index contributed by atoms with van der Waals surface area (Å²) in [7, 11) is 1.38. The van der Waals surface area contributed by atoms with E-state index in [-0.39, 0.29) is 5.97 Å². The fourth-order valence-electron chi connectivity index (χ4n) is 1.90. The number of carbonyl (C=O) groups excluding carboxylic acids is 2. The van der Waals surface area contributed by atoms with E-state index < -0.39 is 0 Å². The maximum atomic E-state index is 11.1. The number of ether oxygens (including phenoxy) is 2. The fraction of sp³-hybridized carbons (Fsp3) is 0.176. The molecule has 2 aromatic rings. The lowest BCUT2D eigenvalue weighted by atomic mass is 10.1. The van der Waals surface area contributed by atoms with Crippen molar-refractivity contribution in [2.24, 2.45) is 0 Å². The van der Waals surface area contributed by atoms with Crippen molar-refractivity contribution in [2.75, 3.05) is 7.11 Å². The Morgan fingerprint density at radius 1 is 1.10 bits per heavy atom. The smallest absolute Gasteiger partial charge is 0.305 e. The zero-order chi connectivity index (χ0) is 15.1. The third kappa shape index (κ3) is 4.45. The van der Waals surface area contributed by atoms with Crippen LogP contribution in [0.2, 0.25) is 0 Å². The summed E-state index contributed by atoms with van der Waals surface area (Å²) in [6, 6.07) is 14.4. The van der Waals surface area contributed by atoms with Crippen molar-refractivity contribution in [3.8, 4) is 11.5 Å². The van der Waals surface area contributed by atoms with Crippen LogP contribution in [0.3, 0.4) is 0 Å². The van der Waals surface area contributed by atoms with Gasteiger partial charge in [-0.15, -0.1) is 0 Å². The Bertz CT molecular complexity index is 634. The normalized spacial score (nSPS) is 9.95. The molecule has 0 atom stereocenters. The Kier molecular flexibility index (Phi) is 5.10. The van der Waals surface area contributed by atoms with Gasteiger partial charge in [0.15, 0.2) is 0 Å². The van der Waals surface area contributed by atoms with Gasteiger partial charge in [-0.1, -0.05) is 24.3 Å². The van der Waals surface area contributed by atoms with Crippen LogP contribution in [0.4, 0.5) is 0 Å². The van der Waals surface area contributed by atoms with Crippen molar-refractivity contribution in [3.63, 3.8) is 0 Å². The number of carbonyl (C=O) groups is 2. The minimum atomic E-state index is -0.236. The van der Waals surface area contributed by atoms with E-state index in [2.05, 4.69) is 4.74 Å². The summed E-state index contributed by atoms with van der Waals surface area (Å²) in [6.45, 7) is 0. The van der Waals surface area contributed by atoms with Gasteiger partial charge in [0.1, 0.15) is 17.8 Å². The number of rotatable bonds is 6. The van der Waals surface area contributed by atoms with Gasteiger partial charge in [-0.3, -0.25) is 9.59 Å². The Morgan fingerprint density at radius 2 is 1.81 bits per heavy atom. The summed E-state index contributed by atoms with van der Waals surface area (Å²) in [5.74, 6) is 1.03. The number of methoxy groups -OCH3 is 1. The molecule has 21 heavy (non-hydrogen) atoms. The molecule has 2 rings (SSSR count).